The fourth-order valence-corrected chi connectivity index (χ4v) is 5.64. The van der Waals surface area contributed by atoms with Gasteiger partial charge in [0.05, 0.1) is 36.9 Å². The van der Waals surface area contributed by atoms with E-state index in [1.807, 2.05) is 24.3 Å². The molecule has 0 saturated carbocycles. The van der Waals surface area contributed by atoms with Gasteiger partial charge in [-0.05, 0) is 48.2 Å². The van der Waals surface area contributed by atoms with Gasteiger partial charge in [-0.2, -0.15) is 4.31 Å². The predicted molar refractivity (Wildman–Crippen MR) is 132 cm³/mol. The minimum absolute atomic E-state index is 0.115. The fraction of sp³-hybridized carbons (Fsp3) is 0.480. The van der Waals surface area contributed by atoms with Gasteiger partial charge in [0.2, 0.25) is 10.0 Å². The van der Waals surface area contributed by atoms with E-state index in [9.17, 15) is 13.2 Å². The molecular formula is C25H33N3O5S. The average Bonchev–Trinajstić information content (AvgIpc) is 2.89. The minimum Gasteiger partial charge on any atom is -0.379 e. The first-order chi connectivity index (χ1) is 16.4. The second-order valence-corrected chi connectivity index (χ2v) is 10.6. The van der Waals surface area contributed by atoms with Gasteiger partial charge < -0.3 is 19.7 Å². The first kappa shape index (κ1) is 24.7. The highest BCUT2D eigenvalue weighted by molar-refractivity contribution is 7.89. The van der Waals surface area contributed by atoms with E-state index in [0.29, 0.717) is 75.5 Å². The van der Waals surface area contributed by atoms with E-state index >= 15 is 0 Å². The van der Waals surface area contributed by atoms with Crippen LogP contribution in [0.1, 0.15) is 42.1 Å². The van der Waals surface area contributed by atoms with Crippen molar-refractivity contribution < 1.29 is 22.7 Å². The topological polar surface area (TPSA) is 88.2 Å². The lowest BCUT2D eigenvalue weighted by Crippen LogP contribution is -2.41. The normalized spacial score (nSPS) is 18.5. The summed E-state index contributed by atoms with van der Waals surface area (Å²) < 4.78 is 38.7. The Labute approximate surface area is 201 Å². The molecule has 2 heterocycles. The molecule has 184 valence electrons. The molecule has 2 saturated heterocycles. The number of hydrogen-bond acceptors (Lipinski definition) is 6. The molecule has 2 fully saturated rings. The lowest BCUT2D eigenvalue weighted by Gasteiger charge is -2.31. The van der Waals surface area contributed by atoms with Crippen molar-refractivity contribution in [1.82, 2.24) is 4.31 Å². The van der Waals surface area contributed by atoms with Crippen molar-refractivity contribution in [3.63, 3.8) is 0 Å². The van der Waals surface area contributed by atoms with Crippen molar-refractivity contribution in [2.45, 2.75) is 31.1 Å². The highest BCUT2D eigenvalue weighted by Crippen LogP contribution is 2.28. The molecule has 2 aromatic carbocycles. The largest absolute Gasteiger partial charge is 0.379 e. The van der Waals surface area contributed by atoms with Crippen molar-refractivity contribution in [3.8, 4) is 0 Å². The van der Waals surface area contributed by atoms with Gasteiger partial charge in [0.1, 0.15) is 0 Å². The summed E-state index contributed by atoms with van der Waals surface area (Å²) in [5.74, 6) is 0.108. The van der Waals surface area contributed by atoms with Crippen LogP contribution in [0.4, 0.5) is 11.4 Å². The second-order valence-electron chi connectivity index (χ2n) is 8.68. The van der Waals surface area contributed by atoms with Crippen LogP contribution in [0.15, 0.2) is 47.4 Å². The molecule has 0 aliphatic carbocycles. The first-order valence-corrected chi connectivity index (χ1v) is 13.3. The Kier molecular flexibility index (Phi) is 7.88. The Bertz CT molecular complexity index is 1090. The maximum Gasteiger partial charge on any atom is 0.257 e. The van der Waals surface area contributed by atoms with Gasteiger partial charge in [0.25, 0.3) is 5.91 Å². The number of sulfonamides is 1. The number of morpholine rings is 2. The standard InChI is InChI=1S/C25H33N3O5S/c1-3-19(2)20-4-6-21(7-5-20)26-25(29)23-18-22(34(30,31)28-12-16-33-17-13-28)8-9-24(23)27-10-14-32-15-11-27/h4-9,18-19H,3,10-17H2,1-2H3,(H,26,29). The molecule has 1 amide bonds. The van der Waals surface area contributed by atoms with E-state index in [-0.39, 0.29) is 10.8 Å². The minimum atomic E-state index is -3.73. The molecule has 0 aromatic heterocycles. The molecule has 2 aromatic rings. The van der Waals surface area contributed by atoms with Crippen LogP contribution in [0.5, 0.6) is 0 Å². The van der Waals surface area contributed by atoms with Gasteiger partial charge in [-0.15, -0.1) is 0 Å². The van der Waals surface area contributed by atoms with Crippen molar-refractivity contribution in [1.29, 1.82) is 0 Å². The lowest BCUT2D eigenvalue weighted by molar-refractivity contribution is 0.0730. The number of benzene rings is 2. The molecule has 0 spiro atoms. The summed E-state index contributed by atoms with van der Waals surface area (Å²) in [5, 5.41) is 2.95. The third-order valence-electron chi connectivity index (χ3n) is 6.52. The fourth-order valence-electron chi connectivity index (χ4n) is 4.20. The van der Waals surface area contributed by atoms with Crippen LogP contribution in [0.2, 0.25) is 0 Å². The Balaban J connectivity index is 1.64. The van der Waals surface area contributed by atoms with Crippen molar-refractivity contribution in [3.05, 3.63) is 53.6 Å². The van der Waals surface area contributed by atoms with Crippen LogP contribution in [-0.2, 0) is 19.5 Å². The Hall–Kier alpha value is -2.46. The SMILES string of the molecule is CCC(C)c1ccc(NC(=O)c2cc(S(=O)(=O)N3CCOCC3)ccc2N2CCOCC2)cc1. The maximum atomic E-state index is 13.4. The van der Waals surface area contributed by atoms with Crippen molar-refractivity contribution in [2.24, 2.45) is 0 Å². The van der Waals surface area contributed by atoms with E-state index in [0.717, 1.165) is 6.42 Å². The molecule has 1 N–H and O–H groups in total. The smallest absolute Gasteiger partial charge is 0.257 e. The number of rotatable bonds is 7. The molecule has 0 bridgehead atoms. The second kappa shape index (κ2) is 10.9. The van der Waals surface area contributed by atoms with Crippen LogP contribution in [0.3, 0.4) is 0 Å². The number of carbonyl (C=O) groups is 1. The van der Waals surface area contributed by atoms with Crippen LogP contribution < -0.4 is 10.2 Å². The van der Waals surface area contributed by atoms with Crippen molar-refractivity contribution >= 4 is 27.3 Å². The number of hydrogen-bond donors (Lipinski definition) is 1. The number of carbonyl (C=O) groups excluding carboxylic acids is 1. The molecular weight excluding hydrogens is 454 g/mol. The molecule has 2 aliphatic heterocycles. The Morgan fingerprint density at radius 2 is 1.59 bits per heavy atom. The van der Waals surface area contributed by atoms with E-state index < -0.39 is 10.0 Å². The van der Waals surface area contributed by atoms with Gasteiger partial charge >= 0.3 is 0 Å². The molecule has 9 heteroatoms. The van der Waals surface area contributed by atoms with Crippen LogP contribution in [0.25, 0.3) is 0 Å². The Morgan fingerprint density at radius 3 is 2.21 bits per heavy atom. The number of anilines is 2. The number of nitrogens with zero attached hydrogens (tertiary/aromatic N) is 2. The average molecular weight is 488 g/mol. The van der Waals surface area contributed by atoms with Gasteiger partial charge in [-0.3, -0.25) is 4.79 Å². The zero-order chi connectivity index (χ0) is 24.1. The summed E-state index contributed by atoms with van der Waals surface area (Å²) in [6, 6.07) is 12.6. The van der Waals surface area contributed by atoms with E-state index in [1.165, 1.54) is 15.9 Å². The summed E-state index contributed by atoms with van der Waals surface area (Å²) in [6.07, 6.45) is 1.04. The number of nitrogens with one attached hydrogen (secondary N) is 1. The van der Waals surface area contributed by atoms with Gasteiger partial charge in [-0.1, -0.05) is 26.0 Å². The van der Waals surface area contributed by atoms with Crippen LogP contribution in [-0.4, -0.2) is 71.2 Å². The highest BCUT2D eigenvalue weighted by atomic mass is 32.2. The lowest BCUT2D eigenvalue weighted by atomic mass is 9.98. The molecule has 4 rings (SSSR count). The van der Waals surface area contributed by atoms with E-state index in [1.54, 1.807) is 12.1 Å². The van der Waals surface area contributed by atoms with Crippen LogP contribution in [0, 0.1) is 0 Å². The molecule has 34 heavy (non-hydrogen) atoms. The predicted octanol–water partition coefficient (Wildman–Crippen LogP) is 3.31. The first-order valence-electron chi connectivity index (χ1n) is 11.9. The number of amides is 1. The van der Waals surface area contributed by atoms with Gasteiger partial charge in [0.15, 0.2) is 0 Å². The van der Waals surface area contributed by atoms with Crippen molar-refractivity contribution in [2.75, 3.05) is 62.8 Å². The summed E-state index contributed by atoms with van der Waals surface area (Å²) >= 11 is 0. The molecule has 1 unspecified atom stereocenters. The molecule has 8 nitrogen and oxygen atoms in total. The monoisotopic (exact) mass is 487 g/mol. The molecule has 2 aliphatic rings. The third-order valence-corrected chi connectivity index (χ3v) is 8.42. The highest BCUT2D eigenvalue weighted by Gasteiger charge is 2.29. The summed E-state index contributed by atoms with van der Waals surface area (Å²) in [5.41, 5.74) is 2.93. The zero-order valence-corrected chi connectivity index (χ0v) is 20.6. The van der Waals surface area contributed by atoms with Gasteiger partial charge in [-0.25, -0.2) is 8.42 Å². The summed E-state index contributed by atoms with van der Waals surface area (Å²) in [4.78, 5) is 15.6. The summed E-state index contributed by atoms with van der Waals surface area (Å²) in [7, 11) is -3.73. The summed E-state index contributed by atoms with van der Waals surface area (Å²) in [6.45, 7) is 8.05. The van der Waals surface area contributed by atoms with Gasteiger partial charge in [0, 0.05) is 37.6 Å². The Morgan fingerprint density at radius 1 is 0.971 bits per heavy atom. The number of ether oxygens (including phenoxy) is 2. The molecule has 0 radical (unpaired) electrons. The third kappa shape index (κ3) is 5.43. The zero-order valence-electron chi connectivity index (χ0n) is 19.8. The molecule has 1 atom stereocenters. The van der Waals surface area contributed by atoms with E-state index in [2.05, 4.69) is 24.1 Å². The quantitative estimate of drug-likeness (QED) is 0.645. The van der Waals surface area contributed by atoms with Crippen LogP contribution >= 0.6 is 0 Å². The maximum absolute atomic E-state index is 13.4. The van der Waals surface area contributed by atoms with E-state index in [4.69, 9.17) is 9.47 Å².